The molecule has 0 unspecified atom stereocenters. The molecule has 3 heterocycles. The average Bonchev–Trinajstić information content (AvgIpc) is 3.33. The zero-order chi connectivity index (χ0) is 27.6. The van der Waals surface area contributed by atoms with Crippen molar-refractivity contribution in [2.24, 2.45) is 5.41 Å². The van der Waals surface area contributed by atoms with Crippen LogP contribution in [0.2, 0.25) is 0 Å². The van der Waals surface area contributed by atoms with E-state index >= 15 is 0 Å². The normalized spacial score (nSPS) is 13.3. The molecule has 0 radical (unpaired) electrons. The molecule has 0 atom stereocenters. The largest absolute Gasteiger partial charge is 0.455 e. The summed E-state index contributed by atoms with van der Waals surface area (Å²) in [5.74, 6) is 0. The topological polar surface area (TPSA) is 38.9 Å². The summed E-state index contributed by atoms with van der Waals surface area (Å²) >= 11 is 0. The maximum Gasteiger partial charge on any atom is 0.144 e. The molecule has 0 aliphatic rings. The van der Waals surface area contributed by atoms with Gasteiger partial charge in [0.1, 0.15) is 11.2 Å². The molecule has 0 N–H and O–H groups in total. The second-order valence-corrected chi connectivity index (χ2v) is 10.9. The summed E-state index contributed by atoms with van der Waals surface area (Å²) in [6.07, 6.45) is 1.95. The van der Waals surface area contributed by atoms with Crippen LogP contribution in [0.3, 0.4) is 0 Å². The minimum absolute atomic E-state index is 0.537. The number of pyridine rings is 2. The molecule has 38 heavy (non-hydrogen) atoms. The first-order valence-electron chi connectivity index (χ1n) is 13.9. The molecular weight excluding hydrogens is 464 g/mol. The highest BCUT2D eigenvalue weighted by Crippen LogP contribution is 2.39. The quantitative estimate of drug-likeness (QED) is 0.230. The van der Waals surface area contributed by atoms with Crippen LogP contribution in [0.15, 0.2) is 108 Å². The lowest BCUT2D eigenvalue weighted by Crippen LogP contribution is -2.09. The smallest absolute Gasteiger partial charge is 0.144 e. The van der Waals surface area contributed by atoms with Crippen LogP contribution in [-0.2, 0) is 6.37 Å². The van der Waals surface area contributed by atoms with Crippen LogP contribution in [0, 0.1) is 5.41 Å². The standard InChI is InChI=1S/C35H28N2O/c1-35(2,3)20-22-11-14-31(37-21-22)25-15-16-36-32(18-25)28-10-6-9-27-30-17-24-13-12-23-7-4-5-8-26(23)29(24)19-33(30)38-34(27)28/h4-19,21H,20H2,1-3H3/i20D2. The number of benzene rings is 4. The first-order chi connectivity index (χ1) is 19.2. The van der Waals surface area contributed by atoms with Crippen molar-refractivity contribution in [2.45, 2.75) is 27.1 Å². The summed E-state index contributed by atoms with van der Waals surface area (Å²) in [5, 5.41) is 6.93. The molecule has 7 rings (SSSR count). The number of nitrogens with zero attached hydrogens (tertiary/aromatic N) is 2. The zero-order valence-electron chi connectivity index (χ0n) is 23.6. The van der Waals surface area contributed by atoms with Crippen LogP contribution in [0.5, 0.6) is 0 Å². The highest BCUT2D eigenvalue weighted by Gasteiger charge is 2.16. The highest BCUT2D eigenvalue weighted by molar-refractivity contribution is 6.17. The van der Waals surface area contributed by atoms with E-state index in [4.69, 9.17) is 12.1 Å². The number of hydrogen-bond donors (Lipinski definition) is 0. The third kappa shape index (κ3) is 3.92. The van der Waals surface area contributed by atoms with Crippen LogP contribution in [0.1, 0.15) is 29.1 Å². The molecule has 0 amide bonds. The van der Waals surface area contributed by atoms with Gasteiger partial charge in [0, 0.05) is 37.0 Å². The van der Waals surface area contributed by atoms with Gasteiger partial charge >= 0.3 is 0 Å². The van der Waals surface area contributed by atoms with Crippen molar-refractivity contribution in [2.75, 3.05) is 0 Å². The van der Waals surface area contributed by atoms with Crippen molar-refractivity contribution in [3.63, 3.8) is 0 Å². The van der Waals surface area contributed by atoms with Gasteiger partial charge in [-0.25, -0.2) is 0 Å². The van der Waals surface area contributed by atoms with Gasteiger partial charge in [0.2, 0.25) is 0 Å². The second-order valence-electron chi connectivity index (χ2n) is 10.9. The Labute approximate surface area is 224 Å². The molecule has 184 valence electrons. The van der Waals surface area contributed by atoms with Gasteiger partial charge in [0.15, 0.2) is 0 Å². The van der Waals surface area contributed by atoms with Gasteiger partial charge in [-0.3, -0.25) is 9.97 Å². The van der Waals surface area contributed by atoms with Gasteiger partial charge in [-0.1, -0.05) is 75.4 Å². The van der Waals surface area contributed by atoms with Gasteiger partial charge in [0.05, 0.1) is 11.4 Å². The van der Waals surface area contributed by atoms with Gasteiger partial charge in [0.25, 0.3) is 0 Å². The first kappa shape index (κ1) is 20.5. The summed E-state index contributed by atoms with van der Waals surface area (Å²) < 4.78 is 23.6. The number of para-hydroxylation sites is 1. The summed E-state index contributed by atoms with van der Waals surface area (Å²) in [6, 6.07) is 31.0. The molecule has 0 spiro atoms. The van der Waals surface area contributed by atoms with E-state index in [2.05, 4.69) is 59.6 Å². The van der Waals surface area contributed by atoms with Gasteiger partial charge < -0.3 is 4.42 Å². The summed E-state index contributed by atoms with van der Waals surface area (Å²) in [7, 11) is 0. The SMILES string of the molecule is [2H]C([2H])(c1ccc(-c2ccnc(-c3cccc4c3oc3cc5c(ccc6ccccc65)cc34)c2)nc1)C(C)(C)C. The van der Waals surface area contributed by atoms with Crippen LogP contribution in [0.25, 0.3) is 66.0 Å². The minimum Gasteiger partial charge on any atom is -0.455 e. The Morgan fingerprint density at radius 3 is 2.39 bits per heavy atom. The lowest BCUT2D eigenvalue weighted by molar-refractivity contribution is 0.411. The van der Waals surface area contributed by atoms with Crippen molar-refractivity contribution in [1.82, 2.24) is 9.97 Å². The number of hydrogen-bond acceptors (Lipinski definition) is 3. The average molecular weight is 495 g/mol. The number of fused-ring (bicyclic) bond motifs is 6. The fraction of sp³-hybridized carbons (Fsp3) is 0.143. The van der Waals surface area contributed by atoms with E-state index in [0.29, 0.717) is 5.56 Å². The summed E-state index contributed by atoms with van der Waals surface area (Å²) in [4.78, 5) is 9.32. The maximum absolute atomic E-state index is 8.56. The van der Waals surface area contributed by atoms with Crippen molar-refractivity contribution in [3.8, 4) is 22.5 Å². The number of furan rings is 1. The Morgan fingerprint density at radius 1 is 0.711 bits per heavy atom. The molecule has 0 aliphatic heterocycles. The zero-order valence-corrected chi connectivity index (χ0v) is 21.6. The van der Waals surface area contributed by atoms with Crippen molar-refractivity contribution < 1.29 is 7.16 Å². The maximum atomic E-state index is 8.56. The summed E-state index contributed by atoms with van der Waals surface area (Å²) in [6.45, 7) is 5.71. The third-order valence-electron chi connectivity index (χ3n) is 6.98. The molecule has 3 aromatic heterocycles. The molecule has 7 aromatic rings. The van der Waals surface area contributed by atoms with Crippen molar-refractivity contribution >= 4 is 43.5 Å². The molecule has 3 heteroatoms. The van der Waals surface area contributed by atoms with Gasteiger partial charge in [-0.05, 0) is 75.3 Å². The lowest BCUT2D eigenvalue weighted by atomic mass is 9.89. The van der Waals surface area contributed by atoms with E-state index in [9.17, 15) is 0 Å². The predicted molar refractivity (Wildman–Crippen MR) is 158 cm³/mol. The minimum atomic E-state index is -1.49. The Morgan fingerprint density at radius 2 is 1.55 bits per heavy atom. The van der Waals surface area contributed by atoms with E-state index in [-0.39, 0.29) is 0 Å². The molecule has 0 saturated heterocycles. The Balaban J connectivity index is 1.33. The fourth-order valence-electron chi connectivity index (χ4n) is 5.31. The second kappa shape index (κ2) is 8.53. The van der Waals surface area contributed by atoms with Gasteiger partial charge in [-0.15, -0.1) is 0 Å². The van der Waals surface area contributed by atoms with Crippen molar-refractivity contribution in [1.29, 1.82) is 0 Å². The lowest BCUT2D eigenvalue weighted by Gasteiger charge is -2.17. The van der Waals surface area contributed by atoms with E-state index < -0.39 is 11.8 Å². The summed E-state index contributed by atoms with van der Waals surface area (Å²) in [5.41, 5.74) is 5.11. The van der Waals surface area contributed by atoms with E-state index in [1.165, 1.54) is 21.5 Å². The van der Waals surface area contributed by atoms with E-state index in [1.54, 1.807) is 12.4 Å². The Hall–Kier alpha value is -4.50. The monoisotopic (exact) mass is 494 g/mol. The highest BCUT2D eigenvalue weighted by atomic mass is 16.3. The van der Waals surface area contributed by atoms with Crippen LogP contribution < -0.4 is 0 Å². The van der Waals surface area contributed by atoms with Crippen LogP contribution in [-0.4, -0.2) is 9.97 Å². The number of aromatic nitrogens is 2. The van der Waals surface area contributed by atoms with Crippen LogP contribution in [0.4, 0.5) is 0 Å². The Bertz CT molecular complexity index is 2070. The van der Waals surface area contributed by atoms with E-state index in [1.807, 2.05) is 57.2 Å². The van der Waals surface area contributed by atoms with Crippen LogP contribution >= 0.6 is 0 Å². The predicted octanol–water partition coefficient (Wildman–Crippen LogP) is 9.60. The van der Waals surface area contributed by atoms with Crippen molar-refractivity contribution in [3.05, 3.63) is 109 Å². The number of rotatable bonds is 3. The molecule has 4 aromatic carbocycles. The molecule has 0 fully saturated rings. The first-order valence-corrected chi connectivity index (χ1v) is 12.9. The molecule has 0 bridgehead atoms. The molecule has 3 nitrogen and oxygen atoms in total. The van der Waals surface area contributed by atoms with Gasteiger partial charge in [-0.2, -0.15) is 0 Å². The fourth-order valence-corrected chi connectivity index (χ4v) is 5.31. The molecular formula is C35H28N2O. The molecule has 0 saturated carbocycles. The third-order valence-corrected chi connectivity index (χ3v) is 6.98. The molecule has 0 aliphatic carbocycles. The Kier molecular flexibility index (Phi) is 4.61. The van der Waals surface area contributed by atoms with E-state index in [0.717, 1.165) is 44.5 Å².